The topological polar surface area (TPSA) is 93.5 Å². The maximum atomic E-state index is 11.9. The van der Waals surface area contributed by atoms with Crippen LogP contribution < -0.4 is 5.32 Å². The molecule has 1 heterocycles. The number of ether oxygens (including phenoxy) is 1. The predicted octanol–water partition coefficient (Wildman–Crippen LogP) is 1.94. The molecule has 2 aromatic rings. The van der Waals surface area contributed by atoms with Crippen molar-refractivity contribution in [2.24, 2.45) is 0 Å². The largest absolute Gasteiger partial charge is 0.476 e. The fourth-order valence-corrected chi connectivity index (χ4v) is 1.94. The van der Waals surface area contributed by atoms with Crippen LogP contribution in [0.15, 0.2) is 36.5 Å². The molecule has 22 heavy (non-hydrogen) atoms. The van der Waals surface area contributed by atoms with Crippen LogP contribution in [0.1, 0.15) is 23.3 Å². The molecule has 2 rings (SSSR count). The number of carboxylic acid groups (broad SMARTS) is 1. The van der Waals surface area contributed by atoms with E-state index in [9.17, 15) is 9.59 Å². The van der Waals surface area contributed by atoms with Crippen LogP contribution in [0, 0.1) is 0 Å². The number of amides is 1. The van der Waals surface area contributed by atoms with E-state index in [1.54, 1.807) is 37.6 Å². The van der Waals surface area contributed by atoms with Crippen molar-refractivity contribution in [3.05, 3.63) is 42.2 Å². The summed E-state index contributed by atoms with van der Waals surface area (Å²) in [4.78, 5) is 22.8. The van der Waals surface area contributed by atoms with Crippen molar-refractivity contribution in [1.82, 2.24) is 9.78 Å². The summed E-state index contributed by atoms with van der Waals surface area (Å²) in [7, 11) is 1.59. The van der Waals surface area contributed by atoms with Gasteiger partial charge in [0.2, 0.25) is 5.91 Å². The standard InChI is InChI=1S/C15H17N3O4/c1-22-10-4-7-14(19)16-11-5-2-3-6-13(11)18-9-8-12(17-18)15(20)21/h2-3,5-6,8-9H,4,7,10H2,1H3,(H,16,19)(H,20,21). The highest BCUT2D eigenvalue weighted by molar-refractivity contribution is 5.92. The third-order valence-corrected chi connectivity index (χ3v) is 2.99. The van der Waals surface area contributed by atoms with Gasteiger partial charge in [-0.1, -0.05) is 12.1 Å². The third-order valence-electron chi connectivity index (χ3n) is 2.99. The summed E-state index contributed by atoms with van der Waals surface area (Å²) < 4.78 is 6.34. The van der Waals surface area contributed by atoms with Gasteiger partial charge in [0.25, 0.3) is 0 Å². The molecule has 1 aromatic carbocycles. The average Bonchev–Trinajstić information content (AvgIpc) is 2.98. The van der Waals surface area contributed by atoms with Gasteiger partial charge in [0.1, 0.15) is 0 Å². The average molecular weight is 303 g/mol. The van der Waals surface area contributed by atoms with Gasteiger partial charge in [0.05, 0.1) is 11.4 Å². The summed E-state index contributed by atoms with van der Waals surface area (Å²) in [5, 5.41) is 15.7. The maximum Gasteiger partial charge on any atom is 0.356 e. The number of hydrogen-bond donors (Lipinski definition) is 2. The first-order valence-corrected chi connectivity index (χ1v) is 6.79. The van der Waals surface area contributed by atoms with Gasteiger partial charge >= 0.3 is 5.97 Å². The van der Waals surface area contributed by atoms with E-state index in [1.165, 1.54) is 10.7 Å². The van der Waals surface area contributed by atoms with Crippen LogP contribution in [0.3, 0.4) is 0 Å². The third kappa shape index (κ3) is 3.92. The Labute approximate surface area is 127 Å². The van der Waals surface area contributed by atoms with Gasteiger partial charge in [-0.05, 0) is 24.6 Å². The summed E-state index contributed by atoms with van der Waals surface area (Å²) in [6.45, 7) is 0.524. The number of anilines is 1. The van der Waals surface area contributed by atoms with Gasteiger partial charge in [-0.3, -0.25) is 4.79 Å². The van der Waals surface area contributed by atoms with Crippen molar-refractivity contribution in [2.75, 3.05) is 19.0 Å². The second-order valence-electron chi connectivity index (χ2n) is 4.61. The molecule has 0 saturated heterocycles. The molecular weight excluding hydrogens is 286 g/mol. The van der Waals surface area contributed by atoms with Crippen LogP contribution in [0.4, 0.5) is 5.69 Å². The molecule has 0 unspecified atom stereocenters. The summed E-state index contributed by atoms with van der Waals surface area (Å²) >= 11 is 0. The molecule has 0 atom stereocenters. The highest BCUT2D eigenvalue weighted by Crippen LogP contribution is 2.20. The zero-order valence-electron chi connectivity index (χ0n) is 12.2. The molecule has 0 aliphatic carbocycles. The highest BCUT2D eigenvalue weighted by atomic mass is 16.5. The van der Waals surface area contributed by atoms with Gasteiger partial charge in [-0.2, -0.15) is 5.10 Å². The molecular formula is C15H17N3O4. The zero-order chi connectivity index (χ0) is 15.9. The van der Waals surface area contributed by atoms with E-state index in [1.807, 2.05) is 0 Å². The van der Waals surface area contributed by atoms with E-state index in [0.717, 1.165) is 0 Å². The maximum absolute atomic E-state index is 11.9. The zero-order valence-corrected chi connectivity index (χ0v) is 12.2. The molecule has 1 aromatic heterocycles. The summed E-state index contributed by atoms with van der Waals surface area (Å²) in [5.74, 6) is -1.23. The lowest BCUT2D eigenvalue weighted by Crippen LogP contribution is -2.14. The SMILES string of the molecule is COCCCC(=O)Nc1ccccc1-n1ccc(C(=O)O)n1. The Kier molecular flexibility index (Phi) is 5.26. The first kappa shape index (κ1) is 15.7. The molecule has 0 spiro atoms. The minimum absolute atomic E-state index is 0.0544. The summed E-state index contributed by atoms with van der Waals surface area (Å²) in [5.41, 5.74) is 1.13. The van der Waals surface area contributed by atoms with Crippen LogP contribution in [0.25, 0.3) is 5.69 Å². The Hall–Kier alpha value is -2.67. The molecule has 0 fully saturated rings. The highest BCUT2D eigenvalue weighted by Gasteiger charge is 2.11. The number of nitrogens with one attached hydrogen (secondary N) is 1. The Morgan fingerprint density at radius 3 is 2.77 bits per heavy atom. The number of para-hydroxylation sites is 2. The fourth-order valence-electron chi connectivity index (χ4n) is 1.94. The lowest BCUT2D eigenvalue weighted by atomic mass is 10.2. The molecule has 1 amide bonds. The molecule has 0 bridgehead atoms. The first-order valence-electron chi connectivity index (χ1n) is 6.79. The number of aromatic nitrogens is 2. The molecule has 0 aliphatic rings. The molecule has 2 N–H and O–H groups in total. The number of benzene rings is 1. The Bertz CT molecular complexity index is 666. The molecule has 0 aliphatic heterocycles. The van der Waals surface area contributed by atoms with E-state index in [2.05, 4.69) is 10.4 Å². The minimum Gasteiger partial charge on any atom is -0.476 e. The number of methoxy groups -OCH3 is 1. The first-order chi connectivity index (χ1) is 10.6. The van der Waals surface area contributed by atoms with Crippen molar-refractivity contribution in [3.8, 4) is 5.69 Å². The number of nitrogens with zero attached hydrogens (tertiary/aromatic N) is 2. The number of carbonyl (C=O) groups is 2. The van der Waals surface area contributed by atoms with Crippen molar-refractivity contribution in [3.63, 3.8) is 0 Å². The minimum atomic E-state index is -1.10. The second kappa shape index (κ2) is 7.37. The number of carbonyl (C=O) groups excluding carboxylic acids is 1. The van der Waals surface area contributed by atoms with E-state index in [-0.39, 0.29) is 11.6 Å². The van der Waals surface area contributed by atoms with E-state index >= 15 is 0 Å². The predicted molar refractivity (Wildman–Crippen MR) is 80.3 cm³/mol. The summed E-state index contributed by atoms with van der Waals surface area (Å²) in [6, 6.07) is 8.47. The fraction of sp³-hybridized carbons (Fsp3) is 0.267. The van der Waals surface area contributed by atoms with Crippen LogP contribution in [-0.2, 0) is 9.53 Å². The van der Waals surface area contributed by atoms with E-state index in [4.69, 9.17) is 9.84 Å². The quantitative estimate of drug-likeness (QED) is 0.762. The number of rotatable bonds is 7. The molecule has 0 saturated carbocycles. The van der Waals surface area contributed by atoms with Crippen LogP contribution in [0.5, 0.6) is 0 Å². The monoisotopic (exact) mass is 303 g/mol. The van der Waals surface area contributed by atoms with Gasteiger partial charge in [0.15, 0.2) is 5.69 Å². The Morgan fingerprint density at radius 1 is 1.32 bits per heavy atom. The molecule has 0 radical (unpaired) electrons. The lowest BCUT2D eigenvalue weighted by molar-refractivity contribution is -0.116. The number of carboxylic acids is 1. The molecule has 7 heteroatoms. The van der Waals surface area contributed by atoms with Crippen molar-refractivity contribution < 1.29 is 19.4 Å². The lowest BCUT2D eigenvalue weighted by Gasteiger charge is -2.11. The van der Waals surface area contributed by atoms with Gasteiger partial charge in [-0.25, -0.2) is 9.48 Å². The Morgan fingerprint density at radius 2 is 2.09 bits per heavy atom. The molecule has 116 valence electrons. The Balaban J connectivity index is 2.15. The van der Waals surface area contributed by atoms with Crippen molar-refractivity contribution in [2.45, 2.75) is 12.8 Å². The second-order valence-corrected chi connectivity index (χ2v) is 4.61. The normalized spacial score (nSPS) is 10.4. The number of aromatic carboxylic acids is 1. The van der Waals surface area contributed by atoms with Crippen molar-refractivity contribution in [1.29, 1.82) is 0 Å². The summed E-state index contributed by atoms with van der Waals surface area (Å²) in [6.07, 6.45) is 2.52. The smallest absolute Gasteiger partial charge is 0.356 e. The van der Waals surface area contributed by atoms with E-state index in [0.29, 0.717) is 30.8 Å². The van der Waals surface area contributed by atoms with Gasteiger partial charge < -0.3 is 15.2 Å². The van der Waals surface area contributed by atoms with Crippen LogP contribution in [0.2, 0.25) is 0 Å². The van der Waals surface area contributed by atoms with Crippen LogP contribution in [-0.4, -0.2) is 40.5 Å². The van der Waals surface area contributed by atoms with Crippen molar-refractivity contribution >= 4 is 17.6 Å². The molecule has 7 nitrogen and oxygen atoms in total. The van der Waals surface area contributed by atoms with Gasteiger partial charge in [0, 0.05) is 26.3 Å². The van der Waals surface area contributed by atoms with Gasteiger partial charge in [-0.15, -0.1) is 0 Å². The number of hydrogen-bond acceptors (Lipinski definition) is 4. The van der Waals surface area contributed by atoms with Crippen LogP contribution >= 0.6 is 0 Å². The van der Waals surface area contributed by atoms with E-state index < -0.39 is 5.97 Å².